The minimum atomic E-state index is 0.514. The van der Waals surface area contributed by atoms with Crippen LogP contribution in [0.4, 0.5) is 0 Å². The minimum absolute atomic E-state index is 0.514. The summed E-state index contributed by atoms with van der Waals surface area (Å²) in [5.41, 5.74) is 3.15. The van der Waals surface area contributed by atoms with Crippen molar-refractivity contribution in [1.29, 1.82) is 0 Å². The summed E-state index contributed by atoms with van der Waals surface area (Å²) in [6, 6.07) is 13.9. The summed E-state index contributed by atoms with van der Waals surface area (Å²) in [6.07, 6.45) is 0.776. The summed E-state index contributed by atoms with van der Waals surface area (Å²) >= 11 is 7.72. The smallest absolute Gasteiger partial charge is 0.151 e. The third-order valence-electron chi connectivity index (χ3n) is 2.75. The van der Waals surface area contributed by atoms with E-state index in [1.54, 1.807) is 17.8 Å². The van der Waals surface area contributed by atoms with E-state index in [1.165, 1.54) is 11.1 Å². The van der Waals surface area contributed by atoms with Gasteiger partial charge in [-0.05, 0) is 36.2 Å². The molecule has 0 unspecified atom stereocenters. The molecule has 0 fully saturated rings. The number of aryl methyl sites for hydroxylation is 1. The van der Waals surface area contributed by atoms with Crippen molar-refractivity contribution in [3.05, 3.63) is 64.2 Å². The molecule has 0 N–H and O–H groups in total. The molecule has 0 aliphatic heterocycles. The topological polar surface area (TPSA) is 17.1 Å². The maximum Gasteiger partial charge on any atom is 0.151 e. The first-order valence-electron chi connectivity index (χ1n) is 5.63. The van der Waals surface area contributed by atoms with Crippen LogP contribution in [0.2, 0.25) is 5.02 Å². The number of hydrogen-bond acceptors (Lipinski definition) is 2. The fourth-order valence-electron chi connectivity index (χ4n) is 1.63. The third-order valence-corrected chi connectivity index (χ3v) is 4.12. The van der Waals surface area contributed by atoms with Crippen LogP contribution in [0.25, 0.3) is 0 Å². The second kappa shape index (κ2) is 6.07. The molecule has 18 heavy (non-hydrogen) atoms. The van der Waals surface area contributed by atoms with Crippen LogP contribution in [0, 0.1) is 6.92 Å². The maximum absolute atomic E-state index is 10.7. The lowest BCUT2D eigenvalue weighted by Gasteiger charge is -2.06. The number of thioether (sulfide) groups is 1. The van der Waals surface area contributed by atoms with Crippen molar-refractivity contribution in [2.75, 3.05) is 0 Å². The van der Waals surface area contributed by atoms with Crippen molar-refractivity contribution < 1.29 is 4.79 Å². The Morgan fingerprint density at radius 2 is 2.00 bits per heavy atom. The summed E-state index contributed by atoms with van der Waals surface area (Å²) in [5.74, 6) is 0.906. The van der Waals surface area contributed by atoms with E-state index in [1.807, 2.05) is 24.3 Å². The van der Waals surface area contributed by atoms with Gasteiger partial charge in [0.2, 0.25) is 0 Å². The van der Waals surface area contributed by atoms with E-state index >= 15 is 0 Å². The molecule has 0 amide bonds. The van der Waals surface area contributed by atoms with Crippen molar-refractivity contribution in [3.63, 3.8) is 0 Å². The normalized spacial score (nSPS) is 10.3. The lowest BCUT2D eigenvalue weighted by Crippen LogP contribution is -1.86. The van der Waals surface area contributed by atoms with E-state index in [-0.39, 0.29) is 0 Å². The molecular formula is C15H13ClOS. The van der Waals surface area contributed by atoms with Gasteiger partial charge in [0.25, 0.3) is 0 Å². The standard InChI is InChI=1S/C15H13ClOS/c1-11-4-2-3-5-13(11)10-18-14-7-6-12(9-17)15(16)8-14/h2-9H,10H2,1H3. The van der Waals surface area contributed by atoms with Crippen molar-refractivity contribution >= 4 is 29.6 Å². The van der Waals surface area contributed by atoms with Crippen LogP contribution in [0.3, 0.4) is 0 Å². The predicted octanol–water partition coefficient (Wildman–Crippen LogP) is 4.75. The Morgan fingerprint density at radius 1 is 1.22 bits per heavy atom. The summed E-state index contributed by atoms with van der Waals surface area (Å²) in [4.78, 5) is 11.7. The zero-order valence-electron chi connectivity index (χ0n) is 10.0. The second-order valence-electron chi connectivity index (χ2n) is 4.02. The SMILES string of the molecule is Cc1ccccc1CSc1ccc(C=O)c(Cl)c1. The van der Waals surface area contributed by atoms with E-state index in [9.17, 15) is 4.79 Å². The van der Waals surface area contributed by atoms with E-state index in [0.29, 0.717) is 10.6 Å². The molecule has 0 spiro atoms. The van der Waals surface area contributed by atoms with Gasteiger partial charge in [0.05, 0.1) is 5.02 Å². The fraction of sp³-hybridized carbons (Fsp3) is 0.133. The molecule has 2 rings (SSSR count). The molecule has 2 aromatic carbocycles. The molecule has 92 valence electrons. The van der Waals surface area contributed by atoms with Gasteiger partial charge < -0.3 is 0 Å². The molecule has 0 bridgehead atoms. The summed E-state index contributed by atoms with van der Waals surface area (Å²) in [7, 11) is 0. The van der Waals surface area contributed by atoms with Crippen LogP contribution in [-0.4, -0.2) is 6.29 Å². The molecule has 3 heteroatoms. The monoisotopic (exact) mass is 276 g/mol. The lowest BCUT2D eigenvalue weighted by atomic mass is 10.1. The summed E-state index contributed by atoms with van der Waals surface area (Å²) in [5, 5.41) is 0.514. The number of halogens is 1. The van der Waals surface area contributed by atoms with Crippen LogP contribution in [0.1, 0.15) is 21.5 Å². The van der Waals surface area contributed by atoms with Crippen LogP contribution in [0.5, 0.6) is 0 Å². The molecule has 0 saturated carbocycles. The molecule has 0 radical (unpaired) electrons. The Morgan fingerprint density at radius 3 is 2.67 bits per heavy atom. The average molecular weight is 277 g/mol. The van der Waals surface area contributed by atoms with E-state index in [2.05, 4.69) is 19.1 Å². The first kappa shape index (κ1) is 13.2. The van der Waals surface area contributed by atoms with Crippen molar-refractivity contribution in [1.82, 2.24) is 0 Å². The molecular weight excluding hydrogens is 264 g/mol. The van der Waals surface area contributed by atoms with E-state index < -0.39 is 0 Å². The zero-order valence-corrected chi connectivity index (χ0v) is 11.6. The van der Waals surface area contributed by atoms with Gasteiger partial charge in [-0.15, -0.1) is 11.8 Å². The highest BCUT2D eigenvalue weighted by Crippen LogP contribution is 2.27. The molecule has 0 aromatic heterocycles. The number of carbonyl (C=O) groups is 1. The molecule has 0 aliphatic rings. The number of hydrogen-bond donors (Lipinski definition) is 0. The Hall–Kier alpha value is -1.25. The minimum Gasteiger partial charge on any atom is -0.298 e. The van der Waals surface area contributed by atoms with Crippen molar-refractivity contribution in [2.24, 2.45) is 0 Å². The Labute approximate surface area is 116 Å². The largest absolute Gasteiger partial charge is 0.298 e. The highest BCUT2D eigenvalue weighted by atomic mass is 35.5. The molecule has 0 aliphatic carbocycles. The Balaban J connectivity index is 2.09. The molecule has 0 heterocycles. The van der Waals surface area contributed by atoms with Crippen LogP contribution in [-0.2, 0) is 5.75 Å². The van der Waals surface area contributed by atoms with Gasteiger partial charge in [-0.2, -0.15) is 0 Å². The van der Waals surface area contributed by atoms with E-state index in [0.717, 1.165) is 16.9 Å². The Bertz CT molecular complexity index is 566. The second-order valence-corrected chi connectivity index (χ2v) is 5.47. The van der Waals surface area contributed by atoms with Crippen LogP contribution < -0.4 is 0 Å². The Kier molecular flexibility index (Phi) is 4.45. The lowest BCUT2D eigenvalue weighted by molar-refractivity contribution is 0.112. The molecule has 0 atom stereocenters. The summed E-state index contributed by atoms with van der Waals surface area (Å²) in [6.45, 7) is 2.11. The van der Waals surface area contributed by atoms with Crippen LogP contribution >= 0.6 is 23.4 Å². The highest BCUT2D eigenvalue weighted by molar-refractivity contribution is 7.98. The molecule has 1 nitrogen and oxygen atoms in total. The molecule has 2 aromatic rings. The van der Waals surface area contributed by atoms with Gasteiger partial charge in [0.1, 0.15) is 0 Å². The quantitative estimate of drug-likeness (QED) is 0.592. The zero-order chi connectivity index (χ0) is 13.0. The third kappa shape index (κ3) is 3.15. The van der Waals surface area contributed by atoms with E-state index in [4.69, 9.17) is 11.6 Å². The fourth-order valence-corrected chi connectivity index (χ4v) is 2.93. The molecule has 0 saturated heterocycles. The van der Waals surface area contributed by atoms with Gasteiger partial charge in [0, 0.05) is 16.2 Å². The predicted molar refractivity (Wildman–Crippen MR) is 77.6 cm³/mol. The number of rotatable bonds is 4. The summed E-state index contributed by atoms with van der Waals surface area (Å²) < 4.78 is 0. The number of aldehydes is 1. The van der Waals surface area contributed by atoms with Crippen molar-refractivity contribution in [3.8, 4) is 0 Å². The van der Waals surface area contributed by atoms with Gasteiger partial charge in [-0.3, -0.25) is 4.79 Å². The van der Waals surface area contributed by atoms with Gasteiger partial charge >= 0.3 is 0 Å². The number of carbonyl (C=O) groups excluding carboxylic acids is 1. The highest BCUT2D eigenvalue weighted by Gasteiger charge is 2.03. The maximum atomic E-state index is 10.7. The number of benzene rings is 2. The first-order chi connectivity index (χ1) is 8.70. The average Bonchev–Trinajstić information content (AvgIpc) is 2.38. The van der Waals surface area contributed by atoms with Crippen LogP contribution in [0.15, 0.2) is 47.4 Å². The van der Waals surface area contributed by atoms with Gasteiger partial charge in [-0.1, -0.05) is 35.9 Å². The van der Waals surface area contributed by atoms with Crippen molar-refractivity contribution in [2.45, 2.75) is 17.6 Å². The van der Waals surface area contributed by atoms with Gasteiger partial charge in [-0.25, -0.2) is 0 Å². The first-order valence-corrected chi connectivity index (χ1v) is 6.99. The van der Waals surface area contributed by atoms with Gasteiger partial charge in [0.15, 0.2) is 6.29 Å².